The van der Waals surface area contributed by atoms with Crippen LogP contribution in [0.5, 0.6) is 11.5 Å². The van der Waals surface area contributed by atoms with Gasteiger partial charge in [-0.1, -0.05) is 5.11 Å². The fraction of sp³-hybridized carbons (Fsp3) is 0.714. The summed E-state index contributed by atoms with van der Waals surface area (Å²) in [4.78, 5) is 74.5. The second-order valence-corrected chi connectivity index (χ2v) is 12.5. The molecule has 4 heterocycles. The number of ether oxygens (including phenoxy) is 12. The van der Waals surface area contributed by atoms with Crippen LogP contribution in [0.3, 0.4) is 0 Å². The average molecular weight is 832 g/mol. The largest absolute Gasteiger partial charge is 0.491 e. The first-order chi connectivity index (χ1) is 28.0. The van der Waals surface area contributed by atoms with Gasteiger partial charge < -0.3 is 56.8 Å². The molecule has 4 aliphatic rings. The fourth-order valence-corrected chi connectivity index (χ4v) is 5.87. The number of hydrogen-bond acceptors (Lipinski definition) is 21. The standard InChI is InChI=1S/C35H49N3O20/c1-20(39)48-19-27-29(51-21(2)40)30(52-22(3)41)32(53-23(4)42)35(55-27)56-28-26(18-37-38-36)54-34(43-5)33-31(28)57-49-16-12-44-10-14-46-24-6-8-25(9-7-24)47-15-11-45-13-17-50-58-33/h6-9,26-35H,10-19H2,1-5H3/t26-,27-,28-,29-,30+,31+,32-,33-,34+,35+/m1/s1. The maximum atomic E-state index is 12.5. The van der Waals surface area contributed by atoms with Gasteiger partial charge in [0.1, 0.15) is 56.7 Å². The summed E-state index contributed by atoms with van der Waals surface area (Å²) in [5.41, 5.74) is 9.26. The summed E-state index contributed by atoms with van der Waals surface area (Å²) in [7, 11) is 1.31. The lowest BCUT2D eigenvalue weighted by Crippen LogP contribution is -2.66. The molecule has 0 spiro atoms. The summed E-state index contributed by atoms with van der Waals surface area (Å²) >= 11 is 0. The van der Waals surface area contributed by atoms with E-state index in [0.717, 1.165) is 27.7 Å². The van der Waals surface area contributed by atoms with Gasteiger partial charge in [0, 0.05) is 39.7 Å². The number of hydrogen-bond donors (Lipinski definition) is 0. The van der Waals surface area contributed by atoms with Crippen LogP contribution in [0.25, 0.3) is 10.4 Å². The van der Waals surface area contributed by atoms with Crippen molar-refractivity contribution >= 4 is 23.9 Å². The molecule has 0 N–H and O–H groups in total. The van der Waals surface area contributed by atoms with Gasteiger partial charge in [-0.3, -0.25) is 19.2 Å². The molecule has 0 amide bonds. The van der Waals surface area contributed by atoms with E-state index in [1.165, 1.54) is 7.11 Å². The lowest BCUT2D eigenvalue weighted by molar-refractivity contribution is -0.458. The zero-order chi connectivity index (χ0) is 41.9. The van der Waals surface area contributed by atoms with Crippen LogP contribution in [0.2, 0.25) is 0 Å². The van der Waals surface area contributed by atoms with Gasteiger partial charge in [0.15, 0.2) is 43.1 Å². The molecule has 0 radical (unpaired) electrons. The molecule has 2 bridgehead atoms. The van der Waals surface area contributed by atoms with Crippen molar-refractivity contribution in [2.24, 2.45) is 5.11 Å². The van der Waals surface area contributed by atoms with Crippen LogP contribution in [-0.2, 0) is 86.1 Å². The number of azide groups is 1. The first-order valence-electron chi connectivity index (χ1n) is 18.2. The van der Waals surface area contributed by atoms with Gasteiger partial charge in [-0.05, 0) is 29.8 Å². The summed E-state index contributed by atoms with van der Waals surface area (Å²) in [6.07, 6.45) is -14.3. The summed E-state index contributed by atoms with van der Waals surface area (Å²) in [6.45, 7) is 4.24. The number of rotatable bonds is 10. The van der Waals surface area contributed by atoms with E-state index in [1.54, 1.807) is 24.3 Å². The summed E-state index contributed by atoms with van der Waals surface area (Å²) in [6, 6.07) is 7.06. The molecule has 2 saturated heterocycles. The second kappa shape index (κ2) is 24.5. The van der Waals surface area contributed by atoms with Gasteiger partial charge in [-0.25, -0.2) is 19.6 Å². The van der Waals surface area contributed by atoms with Crippen molar-refractivity contribution in [3.63, 3.8) is 0 Å². The van der Waals surface area contributed by atoms with Gasteiger partial charge >= 0.3 is 23.9 Å². The molecule has 5 rings (SSSR count). The highest BCUT2D eigenvalue weighted by Crippen LogP contribution is 2.35. The molecule has 0 unspecified atom stereocenters. The topological polar surface area (TPSA) is 265 Å². The van der Waals surface area contributed by atoms with Gasteiger partial charge in [0.25, 0.3) is 0 Å². The minimum Gasteiger partial charge on any atom is -0.491 e. The zero-order valence-corrected chi connectivity index (χ0v) is 32.7. The van der Waals surface area contributed by atoms with Crippen LogP contribution < -0.4 is 9.47 Å². The number of esters is 4. The Labute approximate surface area is 332 Å². The van der Waals surface area contributed by atoms with E-state index in [1.807, 2.05) is 0 Å². The third-order valence-electron chi connectivity index (χ3n) is 8.18. The van der Waals surface area contributed by atoms with Crippen LogP contribution in [-0.4, -0.2) is 158 Å². The highest BCUT2D eigenvalue weighted by atomic mass is 17.2. The predicted molar refractivity (Wildman–Crippen MR) is 187 cm³/mol. The Hall–Kier alpha value is -4.39. The third-order valence-corrected chi connectivity index (χ3v) is 8.18. The third kappa shape index (κ3) is 14.8. The van der Waals surface area contributed by atoms with E-state index < -0.39 is 91.9 Å². The Morgan fingerprint density at radius 2 is 1.17 bits per heavy atom. The van der Waals surface area contributed by atoms with Crippen LogP contribution in [0.4, 0.5) is 0 Å². The van der Waals surface area contributed by atoms with Crippen molar-refractivity contribution in [1.29, 1.82) is 0 Å². The number of benzene rings is 1. The quantitative estimate of drug-likeness (QED) is 0.0611. The SMILES string of the molecule is CO[C@H]1O[C@H](CN=[N+]=[N-])[C@@H](O[C@@H]2O[C@H](COC(C)=O)[C@@H](OC(C)=O)[C@H](OC(C)=O)[C@H]2OC(C)=O)[C@@H]2OOCCOCCOc3ccc(cc3)OCCOCCOO[C@@H]12. The molecular weight excluding hydrogens is 782 g/mol. The molecule has 2 fully saturated rings. The monoisotopic (exact) mass is 831 g/mol. The van der Waals surface area contributed by atoms with E-state index >= 15 is 0 Å². The Morgan fingerprint density at radius 1 is 0.655 bits per heavy atom. The first kappa shape index (κ1) is 46.3. The maximum Gasteiger partial charge on any atom is 0.303 e. The van der Waals surface area contributed by atoms with Gasteiger partial charge in [0.05, 0.1) is 39.1 Å². The van der Waals surface area contributed by atoms with E-state index in [2.05, 4.69) is 10.0 Å². The molecule has 58 heavy (non-hydrogen) atoms. The lowest BCUT2D eigenvalue weighted by Gasteiger charge is -2.48. The molecule has 10 atom stereocenters. The minimum absolute atomic E-state index is 0.0415. The highest BCUT2D eigenvalue weighted by Gasteiger charge is 2.57. The van der Waals surface area contributed by atoms with Crippen molar-refractivity contribution in [2.45, 2.75) is 89.1 Å². The Morgan fingerprint density at radius 3 is 1.71 bits per heavy atom. The zero-order valence-electron chi connectivity index (χ0n) is 32.7. The van der Waals surface area contributed by atoms with E-state index in [9.17, 15) is 24.7 Å². The fourth-order valence-electron chi connectivity index (χ4n) is 5.87. The molecule has 1 aromatic carbocycles. The molecular formula is C35H49N3O20. The molecule has 0 aliphatic carbocycles. The minimum atomic E-state index is -1.71. The highest BCUT2D eigenvalue weighted by molar-refractivity contribution is 5.68. The Balaban J connectivity index is 1.65. The van der Waals surface area contributed by atoms with E-state index in [0.29, 0.717) is 11.5 Å². The number of fused-ring (bicyclic) bond motifs is 16. The van der Waals surface area contributed by atoms with Crippen LogP contribution in [0, 0.1) is 0 Å². The molecule has 23 heteroatoms. The molecule has 4 aliphatic heterocycles. The molecule has 23 nitrogen and oxygen atoms in total. The lowest BCUT2D eigenvalue weighted by atomic mass is 9.96. The van der Waals surface area contributed by atoms with Crippen molar-refractivity contribution in [2.75, 3.05) is 73.1 Å². The van der Waals surface area contributed by atoms with E-state index in [4.69, 9.17) is 76.4 Å². The van der Waals surface area contributed by atoms with E-state index in [-0.39, 0.29) is 59.4 Å². The van der Waals surface area contributed by atoms with Crippen LogP contribution >= 0.6 is 0 Å². The molecule has 324 valence electrons. The van der Waals surface area contributed by atoms with Crippen LogP contribution in [0.1, 0.15) is 27.7 Å². The average Bonchev–Trinajstić information content (AvgIpc) is 3.18. The molecule has 0 saturated carbocycles. The summed E-state index contributed by atoms with van der Waals surface area (Å²) in [5, 5.41) is 3.65. The Bertz CT molecular complexity index is 1500. The van der Waals surface area contributed by atoms with Gasteiger partial charge in [0.2, 0.25) is 0 Å². The van der Waals surface area contributed by atoms with Gasteiger partial charge in [-0.15, -0.1) is 0 Å². The summed E-state index contributed by atoms with van der Waals surface area (Å²) in [5.74, 6) is -2.03. The number of carbonyl (C=O) groups is 4. The number of methoxy groups -OCH3 is 1. The van der Waals surface area contributed by atoms with Crippen molar-refractivity contribution in [1.82, 2.24) is 0 Å². The number of carbonyl (C=O) groups excluding carboxylic acids is 4. The van der Waals surface area contributed by atoms with Crippen molar-refractivity contribution in [3.05, 3.63) is 34.7 Å². The van der Waals surface area contributed by atoms with Crippen LogP contribution in [0.15, 0.2) is 29.4 Å². The second-order valence-electron chi connectivity index (χ2n) is 12.5. The predicted octanol–water partition coefficient (Wildman–Crippen LogP) is 1.27. The molecule has 0 aromatic heterocycles. The normalized spacial score (nSPS) is 30.2. The Kier molecular flexibility index (Phi) is 19.6. The first-order valence-corrected chi connectivity index (χ1v) is 18.2. The van der Waals surface area contributed by atoms with Crippen molar-refractivity contribution in [3.8, 4) is 11.5 Å². The van der Waals surface area contributed by atoms with Gasteiger partial charge in [-0.2, -0.15) is 0 Å². The van der Waals surface area contributed by atoms with Crippen molar-refractivity contribution < 1.29 is 95.6 Å². The summed E-state index contributed by atoms with van der Waals surface area (Å²) < 4.78 is 68.7. The maximum absolute atomic E-state index is 12.5. The molecule has 1 aromatic rings. The number of nitrogens with zero attached hydrogens (tertiary/aromatic N) is 3. The smallest absolute Gasteiger partial charge is 0.303 e.